The molecule has 1 heterocycles. The first-order chi connectivity index (χ1) is 12.7. The van der Waals surface area contributed by atoms with Gasteiger partial charge in [0.2, 0.25) is 0 Å². The third-order valence-corrected chi connectivity index (χ3v) is 5.53. The minimum atomic E-state index is 0.298. The summed E-state index contributed by atoms with van der Waals surface area (Å²) < 4.78 is 18.3. The summed E-state index contributed by atoms with van der Waals surface area (Å²) in [5.41, 5.74) is 1.96. The van der Waals surface area contributed by atoms with Crippen LogP contribution in [0.15, 0.2) is 40.9 Å². The molecule has 140 valence electrons. The Balaban J connectivity index is 1.73. The molecule has 2 aromatic rings. The molecule has 1 saturated heterocycles. The van der Waals surface area contributed by atoms with Crippen LogP contribution in [0.2, 0.25) is 5.02 Å². The Morgan fingerprint density at radius 2 is 2.12 bits per heavy atom. The van der Waals surface area contributed by atoms with Gasteiger partial charge < -0.3 is 19.5 Å². The van der Waals surface area contributed by atoms with Crippen molar-refractivity contribution in [2.45, 2.75) is 32.1 Å². The lowest BCUT2D eigenvalue weighted by Crippen LogP contribution is -2.26. The Morgan fingerprint density at radius 3 is 2.85 bits per heavy atom. The summed E-state index contributed by atoms with van der Waals surface area (Å²) in [6.07, 6.45) is 2.55. The highest BCUT2D eigenvalue weighted by Crippen LogP contribution is 2.37. The van der Waals surface area contributed by atoms with Crippen LogP contribution in [0.1, 0.15) is 24.0 Å². The zero-order valence-electron chi connectivity index (χ0n) is 14.8. The molecule has 4 nitrogen and oxygen atoms in total. The van der Waals surface area contributed by atoms with Gasteiger partial charge in [0.25, 0.3) is 0 Å². The van der Waals surface area contributed by atoms with E-state index in [0.29, 0.717) is 30.0 Å². The van der Waals surface area contributed by atoms with E-state index in [9.17, 15) is 0 Å². The van der Waals surface area contributed by atoms with Crippen LogP contribution in [0.5, 0.6) is 11.5 Å². The highest BCUT2D eigenvalue weighted by atomic mass is 79.9. The zero-order chi connectivity index (χ0) is 18.4. The third kappa shape index (κ3) is 4.92. The van der Waals surface area contributed by atoms with Gasteiger partial charge in [-0.15, -0.1) is 0 Å². The van der Waals surface area contributed by atoms with Crippen molar-refractivity contribution < 1.29 is 14.2 Å². The van der Waals surface area contributed by atoms with Crippen LogP contribution in [0.3, 0.4) is 0 Å². The molecule has 0 aliphatic carbocycles. The van der Waals surface area contributed by atoms with Crippen molar-refractivity contribution in [3.8, 4) is 11.5 Å². The van der Waals surface area contributed by atoms with E-state index in [-0.39, 0.29) is 0 Å². The molecule has 0 bridgehead atoms. The van der Waals surface area contributed by atoms with E-state index in [4.69, 9.17) is 25.8 Å². The first-order valence-corrected chi connectivity index (χ1v) is 9.90. The Kier molecular flexibility index (Phi) is 7.20. The van der Waals surface area contributed by atoms with Crippen LogP contribution >= 0.6 is 27.5 Å². The number of nitrogens with one attached hydrogen (secondary N) is 1. The van der Waals surface area contributed by atoms with Gasteiger partial charge in [0.15, 0.2) is 11.5 Å². The van der Waals surface area contributed by atoms with Gasteiger partial charge in [-0.1, -0.05) is 45.7 Å². The smallest absolute Gasteiger partial charge is 0.167 e. The monoisotopic (exact) mass is 439 g/mol. The molecule has 6 heteroatoms. The summed E-state index contributed by atoms with van der Waals surface area (Å²) in [6.45, 7) is 2.73. The van der Waals surface area contributed by atoms with Gasteiger partial charge in [-0.05, 0) is 31.0 Å². The Morgan fingerprint density at radius 1 is 1.27 bits per heavy atom. The van der Waals surface area contributed by atoms with Gasteiger partial charge in [0.1, 0.15) is 6.61 Å². The number of methoxy groups -OCH3 is 1. The molecule has 0 radical (unpaired) electrons. The van der Waals surface area contributed by atoms with E-state index in [1.54, 1.807) is 7.11 Å². The molecule has 0 saturated carbocycles. The fourth-order valence-electron chi connectivity index (χ4n) is 2.99. The minimum absolute atomic E-state index is 0.298. The van der Waals surface area contributed by atoms with E-state index < -0.39 is 0 Å². The molecule has 2 aromatic carbocycles. The molecule has 0 amide bonds. The van der Waals surface area contributed by atoms with Crippen LogP contribution in [0.25, 0.3) is 0 Å². The number of rotatable bonds is 8. The van der Waals surface area contributed by atoms with Crippen LogP contribution in [-0.4, -0.2) is 26.4 Å². The lowest BCUT2D eigenvalue weighted by Gasteiger charge is -2.18. The van der Waals surface area contributed by atoms with Crippen LogP contribution in [0.4, 0.5) is 0 Å². The first-order valence-electron chi connectivity index (χ1n) is 8.73. The highest BCUT2D eigenvalue weighted by molar-refractivity contribution is 9.10. The average Bonchev–Trinajstić information content (AvgIpc) is 3.16. The second-order valence-corrected chi connectivity index (χ2v) is 7.46. The fraction of sp³-hybridized carbons (Fsp3) is 0.400. The van der Waals surface area contributed by atoms with E-state index in [0.717, 1.165) is 47.3 Å². The predicted molar refractivity (Wildman–Crippen MR) is 107 cm³/mol. The second-order valence-electron chi connectivity index (χ2n) is 6.20. The molecule has 1 unspecified atom stereocenters. The largest absolute Gasteiger partial charge is 0.493 e. The maximum atomic E-state index is 6.24. The van der Waals surface area contributed by atoms with Gasteiger partial charge >= 0.3 is 0 Å². The maximum Gasteiger partial charge on any atom is 0.167 e. The normalized spacial score (nSPS) is 16.7. The molecule has 1 fully saturated rings. The van der Waals surface area contributed by atoms with Crippen molar-refractivity contribution in [2.24, 2.45) is 0 Å². The van der Waals surface area contributed by atoms with Gasteiger partial charge in [-0.3, -0.25) is 0 Å². The topological polar surface area (TPSA) is 39.7 Å². The van der Waals surface area contributed by atoms with E-state index in [1.807, 2.05) is 36.4 Å². The summed E-state index contributed by atoms with van der Waals surface area (Å²) >= 11 is 9.88. The fourth-order valence-corrected chi connectivity index (χ4v) is 3.64. The van der Waals surface area contributed by atoms with Crippen LogP contribution < -0.4 is 14.8 Å². The molecule has 1 aliphatic heterocycles. The Labute approximate surface area is 167 Å². The van der Waals surface area contributed by atoms with Gasteiger partial charge in [0, 0.05) is 40.3 Å². The van der Waals surface area contributed by atoms with Crippen molar-refractivity contribution in [3.05, 3.63) is 57.0 Å². The summed E-state index contributed by atoms with van der Waals surface area (Å²) in [5.74, 6) is 1.43. The molecule has 26 heavy (non-hydrogen) atoms. The van der Waals surface area contributed by atoms with Crippen LogP contribution in [0, 0.1) is 0 Å². The summed E-state index contributed by atoms with van der Waals surface area (Å²) in [5, 5.41) is 4.16. The number of halogens is 2. The molecule has 1 atom stereocenters. The summed E-state index contributed by atoms with van der Waals surface area (Å²) in [6, 6.07) is 11.6. The SMILES string of the molecule is COc1ccc(Br)c(CNCC2CCCO2)c1OCc1ccccc1Cl. The van der Waals surface area contributed by atoms with Gasteiger partial charge in [-0.25, -0.2) is 0 Å². The van der Waals surface area contributed by atoms with Crippen molar-refractivity contribution >= 4 is 27.5 Å². The van der Waals surface area contributed by atoms with Crippen LogP contribution in [-0.2, 0) is 17.9 Å². The number of hydrogen-bond acceptors (Lipinski definition) is 4. The van der Waals surface area contributed by atoms with Gasteiger partial charge in [-0.2, -0.15) is 0 Å². The predicted octanol–water partition coefficient (Wildman–Crippen LogP) is 4.96. The van der Waals surface area contributed by atoms with Crippen molar-refractivity contribution in [2.75, 3.05) is 20.3 Å². The minimum Gasteiger partial charge on any atom is -0.493 e. The van der Waals surface area contributed by atoms with Crippen molar-refractivity contribution in [1.82, 2.24) is 5.32 Å². The highest BCUT2D eigenvalue weighted by Gasteiger charge is 2.18. The quantitative estimate of drug-likeness (QED) is 0.630. The summed E-state index contributed by atoms with van der Waals surface area (Å²) in [7, 11) is 1.65. The zero-order valence-corrected chi connectivity index (χ0v) is 17.1. The van der Waals surface area contributed by atoms with E-state index in [1.165, 1.54) is 0 Å². The lowest BCUT2D eigenvalue weighted by molar-refractivity contribution is 0.110. The molecule has 3 rings (SSSR count). The third-order valence-electron chi connectivity index (χ3n) is 4.41. The molecule has 0 spiro atoms. The average molecular weight is 441 g/mol. The number of ether oxygens (including phenoxy) is 3. The number of benzene rings is 2. The molecule has 1 aliphatic rings. The lowest BCUT2D eigenvalue weighted by atomic mass is 10.1. The van der Waals surface area contributed by atoms with Gasteiger partial charge in [0.05, 0.1) is 13.2 Å². The first kappa shape index (κ1) is 19.5. The van der Waals surface area contributed by atoms with E-state index >= 15 is 0 Å². The standard InChI is InChI=1S/C20H23BrClNO3/c1-24-19-9-8-17(21)16(12-23-11-15-6-4-10-25-15)20(19)26-13-14-5-2-3-7-18(14)22/h2-3,5,7-9,15,23H,4,6,10-13H2,1H3. The Hall–Kier alpha value is -1.27. The summed E-state index contributed by atoms with van der Waals surface area (Å²) in [4.78, 5) is 0. The van der Waals surface area contributed by atoms with E-state index in [2.05, 4.69) is 21.2 Å². The number of hydrogen-bond donors (Lipinski definition) is 1. The maximum absolute atomic E-state index is 6.24. The van der Waals surface area contributed by atoms with Crippen molar-refractivity contribution in [3.63, 3.8) is 0 Å². The molecule has 1 N–H and O–H groups in total. The molecule has 0 aromatic heterocycles. The van der Waals surface area contributed by atoms with Crippen molar-refractivity contribution in [1.29, 1.82) is 0 Å². The second kappa shape index (κ2) is 9.60. The molecular formula is C20H23BrClNO3. The molecular weight excluding hydrogens is 418 g/mol. The Bertz CT molecular complexity index is 735.